The van der Waals surface area contributed by atoms with E-state index in [2.05, 4.69) is 0 Å². The lowest BCUT2D eigenvalue weighted by molar-refractivity contribution is -0.154. The zero-order valence-corrected chi connectivity index (χ0v) is 14.0. The van der Waals surface area contributed by atoms with Crippen molar-refractivity contribution in [3.63, 3.8) is 0 Å². The van der Waals surface area contributed by atoms with E-state index >= 15 is 0 Å². The zero-order valence-electron chi connectivity index (χ0n) is 14.0. The lowest BCUT2D eigenvalue weighted by atomic mass is 9.76. The van der Waals surface area contributed by atoms with Crippen molar-refractivity contribution < 1.29 is 23.8 Å². The minimum Gasteiger partial charge on any atom is -0.465 e. The fraction of sp³-hybridized carbons (Fsp3) is 0.556. The van der Waals surface area contributed by atoms with Gasteiger partial charge in [-0.25, -0.2) is 0 Å². The van der Waals surface area contributed by atoms with E-state index in [0.29, 0.717) is 37.2 Å². The van der Waals surface area contributed by atoms with Gasteiger partial charge in [-0.15, -0.1) is 0 Å². The van der Waals surface area contributed by atoms with Crippen molar-refractivity contribution in [3.05, 3.63) is 35.4 Å². The van der Waals surface area contributed by atoms with Gasteiger partial charge in [0.05, 0.1) is 25.2 Å². The molecule has 1 aromatic rings. The molecule has 1 fully saturated rings. The first-order chi connectivity index (χ1) is 11.0. The fourth-order valence-electron chi connectivity index (χ4n) is 2.85. The minimum absolute atomic E-state index is 0.00406. The van der Waals surface area contributed by atoms with Crippen molar-refractivity contribution >= 4 is 11.8 Å². The highest BCUT2D eigenvalue weighted by Crippen LogP contribution is 2.35. The number of esters is 1. The van der Waals surface area contributed by atoms with Crippen molar-refractivity contribution in [1.82, 2.24) is 0 Å². The van der Waals surface area contributed by atoms with Gasteiger partial charge in [0, 0.05) is 18.4 Å². The Hall–Kier alpha value is -1.72. The van der Waals surface area contributed by atoms with Crippen molar-refractivity contribution in [3.8, 4) is 0 Å². The Labute approximate surface area is 136 Å². The van der Waals surface area contributed by atoms with Crippen LogP contribution in [0.2, 0.25) is 0 Å². The summed E-state index contributed by atoms with van der Waals surface area (Å²) in [4.78, 5) is 25.0. The van der Waals surface area contributed by atoms with Gasteiger partial charge in [0.15, 0.2) is 12.1 Å². The Bertz CT molecular complexity index is 562. The van der Waals surface area contributed by atoms with Crippen LogP contribution in [-0.4, -0.2) is 37.9 Å². The number of rotatable bonds is 7. The van der Waals surface area contributed by atoms with E-state index in [1.165, 1.54) is 0 Å². The van der Waals surface area contributed by atoms with Crippen LogP contribution in [0.5, 0.6) is 0 Å². The summed E-state index contributed by atoms with van der Waals surface area (Å²) in [7, 11) is 0. The topological polar surface area (TPSA) is 61.8 Å². The molecule has 5 heteroatoms. The van der Waals surface area contributed by atoms with Crippen molar-refractivity contribution in [1.29, 1.82) is 0 Å². The minimum atomic E-state index is -0.994. The number of carbonyl (C=O) groups is 2. The summed E-state index contributed by atoms with van der Waals surface area (Å²) in [5, 5.41) is 0. The molecule has 1 aliphatic rings. The van der Waals surface area contributed by atoms with Crippen LogP contribution in [0.25, 0.3) is 0 Å². The molecule has 0 aliphatic carbocycles. The van der Waals surface area contributed by atoms with Gasteiger partial charge in [0.1, 0.15) is 0 Å². The van der Waals surface area contributed by atoms with Gasteiger partial charge in [-0.05, 0) is 19.4 Å². The fourth-order valence-corrected chi connectivity index (χ4v) is 2.85. The predicted molar refractivity (Wildman–Crippen MR) is 85.4 cm³/mol. The van der Waals surface area contributed by atoms with Crippen LogP contribution in [-0.2, 0) is 24.4 Å². The predicted octanol–water partition coefficient (Wildman–Crippen LogP) is 2.86. The maximum absolute atomic E-state index is 12.7. The summed E-state index contributed by atoms with van der Waals surface area (Å²) in [5.41, 5.74) is 0.236. The maximum atomic E-state index is 12.7. The first-order valence-electron chi connectivity index (χ1n) is 8.06. The molecule has 0 bridgehead atoms. The molecule has 0 aromatic heterocycles. The molecule has 0 N–H and O–H groups in total. The number of ether oxygens (including phenoxy) is 3. The van der Waals surface area contributed by atoms with E-state index < -0.39 is 11.7 Å². The summed E-state index contributed by atoms with van der Waals surface area (Å²) in [5.74, 6) is -0.361. The van der Waals surface area contributed by atoms with Crippen LogP contribution in [0.15, 0.2) is 24.3 Å². The second kappa shape index (κ2) is 7.70. The van der Waals surface area contributed by atoms with Crippen LogP contribution < -0.4 is 0 Å². The average molecular weight is 320 g/mol. The van der Waals surface area contributed by atoms with Gasteiger partial charge in [-0.1, -0.05) is 31.2 Å². The van der Waals surface area contributed by atoms with Gasteiger partial charge in [0.25, 0.3) is 0 Å². The molecule has 0 spiro atoms. The number of hydrogen-bond acceptors (Lipinski definition) is 5. The number of carbonyl (C=O) groups excluding carboxylic acids is 2. The summed E-state index contributed by atoms with van der Waals surface area (Å²) >= 11 is 0. The lowest BCUT2D eigenvalue weighted by Crippen LogP contribution is -2.39. The van der Waals surface area contributed by atoms with E-state index in [-0.39, 0.29) is 18.4 Å². The highest BCUT2D eigenvalue weighted by molar-refractivity contribution is 5.99. The Morgan fingerprint density at radius 1 is 1.22 bits per heavy atom. The maximum Gasteiger partial charge on any atom is 0.316 e. The summed E-state index contributed by atoms with van der Waals surface area (Å²) in [6.07, 6.45) is 0.237. The average Bonchev–Trinajstić information content (AvgIpc) is 3.07. The third-order valence-electron chi connectivity index (χ3n) is 4.13. The second-order valence-electron chi connectivity index (χ2n) is 5.75. The van der Waals surface area contributed by atoms with Crippen molar-refractivity contribution in [2.24, 2.45) is 0 Å². The van der Waals surface area contributed by atoms with Gasteiger partial charge in [-0.2, -0.15) is 0 Å². The standard InChI is InChI=1S/C18H24O5/c1-4-15(19)13-8-6-7-9-14(13)18(3,17(20)21-5-2)12-16-22-10-11-23-16/h6-9,16H,4-5,10-12H2,1-3H3. The molecule has 2 rings (SSSR count). The van der Waals surface area contributed by atoms with E-state index in [1.807, 2.05) is 19.1 Å². The smallest absolute Gasteiger partial charge is 0.316 e. The van der Waals surface area contributed by atoms with Crippen LogP contribution in [0.1, 0.15) is 49.5 Å². The van der Waals surface area contributed by atoms with Gasteiger partial charge in [0.2, 0.25) is 0 Å². The molecule has 126 valence electrons. The van der Waals surface area contributed by atoms with Gasteiger partial charge >= 0.3 is 5.97 Å². The zero-order chi connectivity index (χ0) is 16.9. The van der Waals surface area contributed by atoms with Crippen LogP contribution in [0.4, 0.5) is 0 Å². The molecule has 1 heterocycles. The number of benzene rings is 1. The van der Waals surface area contributed by atoms with E-state index in [0.717, 1.165) is 0 Å². The molecule has 1 aliphatic heterocycles. The lowest BCUT2D eigenvalue weighted by Gasteiger charge is -2.31. The molecule has 1 unspecified atom stereocenters. The van der Waals surface area contributed by atoms with E-state index in [1.54, 1.807) is 26.0 Å². The molecule has 0 saturated carbocycles. The Morgan fingerprint density at radius 2 is 1.87 bits per heavy atom. The van der Waals surface area contributed by atoms with Crippen LogP contribution >= 0.6 is 0 Å². The molecule has 0 radical (unpaired) electrons. The molecule has 23 heavy (non-hydrogen) atoms. The third kappa shape index (κ3) is 3.79. The Balaban J connectivity index is 2.44. The number of hydrogen-bond donors (Lipinski definition) is 0. The highest BCUT2D eigenvalue weighted by atomic mass is 16.7. The van der Waals surface area contributed by atoms with Gasteiger partial charge < -0.3 is 14.2 Å². The first kappa shape index (κ1) is 17.6. The summed E-state index contributed by atoms with van der Waals surface area (Å²) in [6.45, 7) is 6.68. The van der Waals surface area contributed by atoms with Crippen LogP contribution in [0.3, 0.4) is 0 Å². The van der Waals surface area contributed by atoms with E-state index in [9.17, 15) is 9.59 Å². The quantitative estimate of drug-likeness (QED) is 0.571. The van der Waals surface area contributed by atoms with Gasteiger partial charge in [-0.3, -0.25) is 9.59 Å². The Kier molecular flexibility index (Phi) is 5.91. The van der Waals surface area contributed by atoms with Crippen molar-refractivity contribution in [2.75, 3.05) is 19.8 Å². The molecule has 5 nitrogen and oxygen atoms in total. The molecule has 1 atom stereocenters. The molecule has 1 aromatic carbocycles. The SMILES string of the molecule is CCOC(=O)C(C)(CC1OCCO1)c1ccccc1C(=O)CC. The largest absolute Gasteiger partial charge is 0.465 e. The molecule has 1 saturated heterocycles. The summed E-state index contributed by atoms with van der Waals surface area (Å²) in [6, 6.07) is 7.21. The molecule has 0 amide bonds. The van der Waals surface area contributed by atoms with Crippen molar-refractivity contribution in [2.45, 2.75) is 45.3 Å². The van der Waals surface area contributed by atoms with E-state index in [4.69, 9.17) is 14.2 Å². The Morgan fingerprint density at radius 3 is 2.48 bits per heavy atom. The summed E-state index contributed by atoms with van der Waals surface area (Å²) < 4.78 is 16.3. The van der Waals surface area contributed by atoms with Crippen LogP contribution in [0, 0.1) is 0 Å². The second-order valence-corrected chi connectivity index (χ2v) is 5.75. The monoisotopic (exact) mass is 320 g/mol. The number of ketones is 1. The normalized spacial score (nSPS) is 17.7. The first-order valence-corrected chi connectivity index (χ1v) is 8.06. The highest BCUT2D eigenvalue weighted by Gasteiger charge is 2.42. The molecular weight excluding hydrogens is 296 g/mol. The number of Topliss-reactive ketones (excluding diaryl/α,β-unsaturated/α-hetero) is 1. The molecular formula is C18H24O5. The third-order valence-corrected chi connectivity index (χ3v) is 4.13.